The van der Waals surface area contributed by atoms with Crippen molar-refractivity contribution in [2.24, 2.45) is 10.2 Å². The smallest absolute Gasteiger partial charge is 0.267 e. The topological polar surface area (TPSA) is 58.2 Å². The molecule has 28 heavy (non-hydrogen) atoms. The highest BCUT2D eigenvalue weighted by molar-refractivity contribution is 8.18. The van der Waals surface area contributed by atoms with Crippen LogP contribution in [-0.4, -0.2) is 22.2 Å². The minimum atomic E-state index is -0.116. The number of nitrogens with zero attached hydrogens (tertiary/aromatic N) is 3. The van der Waals surface area contributed by atoms with Crippen molar-refractivity contribution in [2.75, 3.05) is 0 Å². The van der Waals surface area contributed by atoms with E-state index in [0.717, 1.165) is 10.4 Å². The largest absolute Gasteiger partial charge is 0.467 e. The number of hydrogen-bond acceptors (Lipinski definition) is 6. The van der Waals surface area contributed by atoms with Crippen LogP contribution in [0.5, 0.6) is 0 Å². The van der Waals surface area contributed by atoms with Crippen LogP contribution in [0.2, 0.25) is 5.02 Å². The summed E-state index contributed by atoms with van der Waals surface area (Å²) >= 11 is 8.77. The molecule has 3 heterocycles. The number of furan rings is 1. The lowest BCUT2D eigenvalue weighted by atomic mass is 10.2. The average Bonchev–Trinajstić information content (AvgIpc) is 3.44. The molecule has 4 rings (SSSR count). The summed E-state index contributed by atoms with van der Waals surface area (Å²) in [6.07, 6.45) is 5.08. The number of carbonyl (C=O) groups is 1. The third-order valence-electron chi connectivity index (χ3n) is 3.82. The first-order valence-electron chi connectivity index (χ1n) is 8.33. The van der Waals surface area contributed by atoms with Crippen molar-refractivity contribution in [2.45, 2.75) is 6.54 Å². The summed E-state index contributed by atoms with van der Waals surface area (Å²) in [5.41, 5.74) is 0.870. The van der Waals surface area contributed by atoms with Crippen LogP contribution in [0.3, 0.4) is 0 Å². The molecule has 0 N–H and O–H groups in total. The Balaban J connectivity index is 1.60. The van der Waals surface area contributed by atoms with Crippen LogP contribution in [0.15, 0.2) is 79.7 Å². The second-order valence-electron chi connectivity index (χ2n) is 5.78. The lowest BCUT2D eigenvalue weighted by molar-refractivity contribution is -0.122. The molecule has 0 bridgehead atoms. The van der Waals surface area contributed by atoms with Gasteiger partial charge in [-0.15, -0.1) is 16.4 Å². The van der Waals surface area contributed by atoms with Crippen molar-refractivity contribution in [1.82, 2.24) is 4.90 Å². The third-order valence-corrected chi connectivity index (χ3v) is 5.89. The van der Waals surface area contributed by atoms with Gasteiger partial charge in [0.1, 0.15) is 5.76 Å². The van der Waals surface area contributed by atoms with Gasteiger partial charge >= 0.3 is 0 Å². The second kappa shape index (κ2) is 8.60. The fourth-order valence-corrected chi connectivity index (χ4v) is 4.26. The number of halogens is 1. The van der Waals surface area contributed by atoms with E-state index < -0.39 is 0 Å². The molecule has 0 radical (unpaired) electrons. The molecule has 140 valence electrons. The number of rotatable bonds is 5. The Labute approximate surface area is 175 Å². The lowest BCUT2D eigenvalue weighted by Crippen LogP contribution is -2.28. The van der Waals surface area contributed by atoms with Crippen LogP contribution in [0.1, 0.15) is 16.2 Å². The van der Waals surface area contributed by atoms with Gasteiger partial charge in [0.25, 0.3) is 5.91 Å². The Morgan fingerprint density at radius 1 is 1.14 bits per heavy atom. The molecule has 1 aliphatic heterocycles. The molecule has 5 nitrogen and oxygen atoms in total. The van der Waals surface area contributed by atoms with E-state index in [1.165, 1.54) is 11.8 Å². The van der Waals surface area contributed by atoms with Gasteiger partial charge in [0.2, 0.25) is 0 Å². The lowest BCUT2D eigenvalue weighted by Gasteiger charge is -2.12. The van der Waals surface area contributed by atoms with E-state index in [9.17, 15) is 4.79 Å². The summed E-state index contributed by atoms with van der Waals surface area (Å²) in [4.78, 5) is 16.1. The Bertz CT molecular complexity index is 1040. The van der Waals surface area contributed by atoms with E-state index in [1.54, 1.807) is 46.9 Å². The van der Waals surface area contributed by atoms with Crippen molar-refractivity contribution in [1.29, 1.82) is 0 Å². The summed E-state index contributed by atoms with van der Waals surface area (Å²) in [6.45, 7) is 0.302. The molecule has 0 aliphatic carbocycles. The summed E-state index contributed by atoms with van der Waals surface area (Å²) in [5, 5.41) is 11.6. The molecule has 1 saturated heterocycles. The van der Waals surface area contributed by atoms with Crippen molar-refractivity contribution < 1.29 is 9.21 Å². The molecule has 0 unspecified atom stereocenters. The maximum atomic E-state index is 12.9. The van der Waals surface area contributed by atoms with Gasteiger partial charge in [-0.25, -0.2) is 0 Å². The van der Waals surface area contributed by atoms with E-state index in [2.05, 4.69) is 10.2 Å². The molecule has 1 amide bonds. The van der Waals surface area contributed by atoms with E-state index in [4.69, 9.17) is 16.0 Å². The van der Waals surface area contributed by atoms with Gasteiger partial charge in [-0.1, -0.05) is 29.8 Å². The van der Waals surface area contributed by atoms with E-state index in [0.29, 0.717) is 27.4 Å². The van der Waals surface area contributed by atoms with E-state index in [1.807, 2.05) is 41.8 Å². The minimum absolute atomic E-state index is 0.116. The molecule has 2 aromatic heterocycles. The highest BCUT2D eigenvalue weighted by Crippen LogP contribution is 2.34. The monoisotopic (exact) mass is 427 g/mol. The maximum Gasteiger partial charge on any atom is 0.267 e. The highest BCUT2D eigenvalue weighted by atomic mass is 35.5. The number of amidine groups is 1. The van der Waals surface area contributed by atoms with Crippen LogP contribution in [0.4, 0.5) is 0 Å². The van der Waals surface area contributed by atoms with Crippen LogP contribution in [0, 0.1) is 0 Å². The predicted molar refractivity (Wildman–Crippen MR) is 116 cm³/mol. The van der Waals surface area contributed by atoms with Crippen LogP contribution < -0.4 is 0 Å². The van der Waals surface area contributed by atoms with Crippen LogP contribution in [0.25, 0.3) is 6.08 Å². The number of hydrogen-bond donors (Lipinski definition) is 0. The van der Waals surface area contributed by atoms with E-state index >= 15 is 0 Å². The van der Waals surface area contributed by atoms with Gasteiger partial charge in [0.05, 0.1) is 23.9 Å². The number of thiophene rings is 1. The first kappa shape index (κ1) is 18.7. The van der Waals surface area contributed by atoms with Crippen molar-refractivity contribution >= 4 is 58.1 Å². The van der Waals surface area contributed by atoms with Gasteiger partial charge in [-0.3, -0.25) is 9.69 Å². The third kappa shape index (κ3) is 4.44. The summed E-state index contributed by atoms with van der Waals surface area (Å²) in [7, 11) is 0. The fraction of sp³-hybridized carbons (Fsp3) is 0.0500. The molecular formula is C20H14ClN3O2S2. The van der Waals surface area contributed by atoms with Gasteiger partial charge in [0.15, 0.2) is 5.17 Å². The first-order valence-corrected chi connectivity index (χ1v) is 10.4. The van der Waals surface area contributed by atoms with Crippen molar-refractivity contribution in [3.8, 4) is 0 Å². The van der Waals surface area contributed by atoms with Crippen molar-refractivity contribution in [3.63, 3.8) is 0 Å². The van der Waals surface area contributed by atoms with Crippen molar-refractivity contribution in [3.05, 3.63) is 86.3 Å². The first-order chi connectivity index (χ1) is 13.7. The molecule has 0 spiro atoms. The highest BCUT2D eigenvalue weighted by Gasteiger charge is 2.34. The Morgan fingerprint density at radius 2 is 2.00 bits per heavy atom. The van der Waals surface area contributed by atoms with E-state index in [-0.39, 0.29) is 5.91 Å². The zero-order chi connectivity index (χ0) is 19.3. The standard InChI is InChI=1S/C20H14ClN3O2S2/c21-15-7-5-14(6-8-15)12-22-23-20-24(13-16-3-1-9-26-16)19(25)18(28-20)11-17-4-2-10-27-17/h1-12H,13H2/b18-11-,22-12-,23-20+. The zero-order valence-corrected chi connectivity index (χ0v) is 16.9. The van der Waals surface area contributed by atoms with Gasteiger partial charge in [-0.05, 0) is 59.1 Å². The molecule has 1 aromatic carbocycles. The molecule has 0 atom stereocenters. The number of thioether (sulfide) groups is 1. The number of carbonyl (C=O) groups excluding carboxylic acids is 1. The number of benzene rings is 1. The fourth-order valence-electron chi connectivity index (χ4n) is 2.48. The molecule has 3 aromatic rings. The minimum Gasteiger partial charge on any atom is -0.467 e. The Kier molecular flexibility index (Phi) is 5.76. The SMILES string of the molecule is O=C1/C(=C/c2cccs2)S/C(=N/N=C\c2ccc(Cl)cc2)N1Cc1ccco1. The second-order valence-corrected chi connectivity index (χ2v) is 8.20. The van der Waals surface area contributed by atoms with Gasteiger partial charge in [-0.2, -0.15) is 5.10 Å². The Morgan fingerprint density at radius 3 is 2.71 bits per heavy atom. The summed E-state index contributed by atoms with van der Waals surface area (Å²) in [6, 6.07) is 14.8. The Hall–Kier alpha value is -2.61. The molecule has 1 aliphatic rings. The van der Waals surface area contributed by atoms with Gasteiger partial charge in [0, 0.05) is 9.90 Å². The number of amides is 1. The maximum absolute atomic E-state index is 12.9. The molecule has 1 fully saturated rings. The quantitative estimate of drug-likeness (QED) is 0.307. The summed E-state index contributed by atoms with van der Waals surface area (Å²) in [5.74, 6) is 0.566. The van der Waals surface area contributed by atoms with Crippen LogP contribution >= 0.6 is 34.7 Å². The summed E-state index contributed by atoms with van der Waals surface area (Å²) < 4.78 is 5.39. The zero-order valence-electron chi connectivity index (χ0n) is 14.5. The van der Waals surface area contributed by atoms with Gasteiger partial charge < -0.3 is 4.42 Å². The predicted octanol–water partition coefficient (Wildman–Crippen LogP) is 5.50. The molecule has 0 saturated carbocycles. The average molecular weight is 428 g/mol. The van der Waals surface area contributed by atoms with Crippen LogP contribution in [-0.2, 0) is 11.3 Å². The molecule has 8 heteroatoms. The normalized spacial score (nSPS) is 17.5. The molecular weight excluding hydrogens is 414 g/mol.